The average Bonchev–Trinajstić information content (AvgIpc) is 3.00. The summed E-state index contributed by atoms with van der Waals surface area (Å²) in [4.78, 5) is 2.44. The van der Waals surface area contributed by atoms with Crippen LogP contribution in [0.2, 0.25) is 0 Å². The largest absolute Gasteiger partial charge is 0.390 e. The van der Waals surface area contributed by atoms with Gasteiger partial charge in [-0.3, -0.25) is 4.90 Å². The molecule has 7 heteroatoms. The Hall–Kier alpha value is -0.960. The first-order valence-electron chi connectivity index (χ1n) is 10.2. The van der Waals surface area contributed by atoms with Crippen molar-refractivity contribution < 1.29 is 9.84 Å². The molecule has 5 nitrogen and oxygen atoms in total. The number of rotatable bonds is 8. The van der Waals surface area contributed by atoms with Gasteiger partial charge in [-0.25, -0.2) is 0 Å². The molecule has 156 valence electrons. The van der Waals surface area contributed by atoms with Gasteiger partial charge in [-0.2, -0.15) is 0 Å². The number of aliphatic hydroxyl groups excluding tert-OH is 1. The van der Waals surface area contributed by atoms with Crippen LogP contribution in [0.3, 0.4) is 0 Å². The van der Waals surface area contributed by atoms with Crippen LogP contribution in [0.5, 0.6) is 0 Å². The molecule has 2 heterocycles. The fourth-order valence-electron chi connectivity index (χ4n) is 4.04. The summed E-state index contributed by atoms with van der Waals surface area (Å²) in [7, 11) is 0. The van der Waals surface area contributed by atoms with Gasteiger partial charge in [-0.1, -0.05) is 31.9 Å². The molecule has 1 aliphatic rings. The lowest BCUT2D eigenvalue weighted by molar-refractivity contribution is 0.0373. The molecule has 0 bridgehead atoms. The van der Waals surface area contributed by atoms with Crippen LogP contribution < -0.4 is 5.32 Å². The first kappa shape index (κ1) is 21.3. The minimum Gasteiger partial charge on any atom is -0.390 e. The number of hydrogen-bond acceptors (Lipinski definition) is 4. The lowest BCUT2D eigenvalue weighted by Crippen LogP contribution is -2.38. The van der Waals surface area contributed by atoms with Crippen molar-refractivity contribution in [1.29, 1.82) is 0 Å². The van der Waals surface area contributed by atoms with Gasteiger partial charge in [0, 0.05) is 50.4 Å². The van der Waals surface area contributed by atoms with E-state index < -0.39 is 6.10 Å². The van der Waals surface area contributed by atoms with Crippen LogP contribution >= 0.6 is 31.9 Å². The fraction of sp³-hybridized carbons (Fsp3) is 0.455. The Morgan fingerprint density at radius 2 is 1.62 bits per heavy atom. The van der Waals surface area contributed by atoms with Gasteiger partial charge in [0.05, 0.1) is 25.9 Å². The average molecular weight is 525 g/mol. The molecule has 0 radical (unpaired) electrons. The molecule has 1 aliphatic heterocycles. The second-order valence-corrected chi connectivity index (χ2v) is 9.43. The Kier molecular flexibility index (Phi) is 7.26. The van der Waals surface area contributed by atoms with Crippen molar-refractivity contribution in [2.24, 2.45) is 0 Å². The van der Waals surface area contributed by atoms with Gasteiger partial charge in [0.2, 0.25) is 0 Å². The van der Waals surface area contributed by atoms with Crippen LogP contribution in [0, 0.1) is 0 Å². The van der Waals surface area contributed by atoms with Crippen LogP contribution in [0.15, 0.2) is 45.3 Å². The van der Waals surface area contributed by atoms with E-state index in [9.17, 15) is 5.11 Å². The Labute approximate surface area is 188 Å². The van der Waals surface area contributed by atoms with Gasteiger partial charge in [0.1, 0.15) is 0 Å². The molecule has 1 unspecified atom stereocenters. The normalized spacial score (nSPS) is 16.7. The highest BCUT2D eigenvalue weighted by Gasteiger charge is 2.15. The molecule has 3 aromatic rings. The molecule has 1 atom stereocenters. The smallest absolute Gasteiger partial charge is 0.0843 e. The topological polar surface area (TPSA) is 49.7 Å². The van der Waals surface area contributed by atoms with Crippen LogP contribution in [0.1, 0.15) is 6.42 Å². The number of morpholine rings is 1. The Morgan fingerprint density at radius 3 is 2.24 bits per heavy atom. The Bertz CT molecular complexity index is 910. The molecule has 1 fully saturated rings. The third-order valence-corrected chi connectivity index (χ3v) is 6.48. The number of benzene rings is 2. The monoisotopic (exact) mass is 523 g/mol. The minimum atomic E-state index is -0.440. The van der Waals surface area contributed by atoms with Crippen LogP contribution in [0.4, 0.5) is 0 Å². The van der Waals surface area contributed by atoms with Gasteiger partial charge in [0.25, 0.3) is 0 Å². The molecule has 1 saturated heterocycles. The standard InChI is InChI=1S/C22H27Br2N3O2/c23-16-2-4-21-19(12-16)20-13-17(24)3-5-22(20)27(21)15-18(28)14-25-6-1-7-26-8-10-29-11-9-26/h2-5,12-13,18,25,28H,1,6-11,14-15H2. The summed E-state index contributed by atoms with van der Waals surface area (Å²) in [5, 5.41) is 16.5. The predicted octanol–water partition coefficient (Wildman–Crippen LogP) is 3.99. The number of nitrogens with zero attached hydrogens (tertiary/aromatic N) is 2. The third kappa shape index (κ3) is 5.21. The van der Waals surface area contributed by atoms with Crippen LogP contribution in [-0.2, 0) is 11.3 Å². The summed E-state index contributed by atoms with van der Waals surface area (Å²) in [6, 6.07) is 12.7. The van der Waals surface area contributed by atoms with Gasteiger partial charge >= 0.3 is 0 Å². The molecule has 4 rings (SSSR count). The molecule has 0 aliphatic carbocycles. The first-order valence-corrected chi connectivity index (χ1v) is 11.8. The molecule has 2 N–H and O–H groups in total. The number of aromatic nitrogens is 1. The maximum absolute atomic E-state index is 10.7. The third-order valence-electron chi connectivity index (χ3n) is 5.49. The van der Waals surface area contributed by atoms with Crippen molar-refractivity contribution in [3.05, 3.63) is 45.3 Å². The van der Waals surface area contributed by atoms with Crippen LogP contribution in [0.25, 0.3) is 21.8 Å². The lowest BCUT2D eigenvalue weighted by Gasteiger charge is -2.26. The number of fused-ring (bicyclic) bond motifs is 3. The molecule has 29 heavy (non-hydrogen) atoms. The van der Waals surface area contributed by atoms with Crippen molar-refractivity contribution in [1.82, 2.24) is 14.8 Å². The summed E-state index contributed by atoms with van der Waals surface area (Å²) < 4.78 is 9.73. The number of hydrogen-bond donors (Lipinski definition) is 2. The number of ether oxygens (including phenoxy) is 1. The number of halogens is 2. The molecular weight excluding hydrogens is 498 g/mol. The molecule has 1 aromatic heterocycles. The van der Waals surface area contributed by atoms with Crippen molar-refractivity contribution in [2.45, 2.75) is 19.1 Å². The van der Waals surface area contributed by atoms with Gasteiger partial charge < -0.3 is 19.7 Å². The Morgan fingerprint density at radius 1 is 1.00 bits per heavy atom. The summed E-state index contributed by atoms with van der Waals surface area (Å²) in [5.74, 6) is 0. The zero-order chi connectivity index (χ0) is 20.2. The maximum atomic E-state index is 10.7. The fourth-order valence-corrected chi connectivity index (χ4v) is 4.76. The number of nitrogens with one attached hydrogen (secondary N) is 1. The molecule has 0 amide bonds. The SMILES string of the molecule is OC(CNCCCN1CCOCC1)Cn1c2ccc(Br)cc2c2cc(Br)ccc21. The quantitative estimate of drug-likeness (QED) is 0.437. The van der Waals surface area contributed by atoms with Crippen molar-refractivity contribution in [3.63, 3.8) is 0 Å². The first-order chi connectivity index (χ1) is 14.1. The zero-order valence-corrected chi connectivity index (χ0v) is 19.6. The van der Waals surface area contributed by atoms with Crippen molar-refractivity contribution in [2.75, 3.05) is 45.9 Å². The van der Waals surface area contributed by atoms with E-state index in [1.54, 1.807) is 0 Å². The molecular formula is C22H27Br2N3O2. The van der Waals surface area contributed by atoms with E-state index in [0.29, 0.717) is 13.1 Å². The predicted molar refractivity (Wildman–Crippen MR) is 126 cm³/mol. The number of aliphatic hydroxyl groups is 1. The molecule has 0 spiro atoms. The van der Waals surface area contributed by atoms with Gasteiger partial charge in [-0.05, 0) is 55.9 Å². The van der Waals surface area contributed by atoms with E-state index in [2.05, 4.69) is 83.0 Å². The highest BCUT2D eigenvalue weighted by Crippen LogP contribution is 2.33. The van der Waals surface area contributed by atoms with Crippen molar-refractivity contribution >= 4 is 53.7 Å². The second-order valence-electron chi connectivity index (χ2n) is 7.60. The van der Waals surface area contributed by atoms with E-state index >= 15 is 0 Å². The lowest BCUT2D eigenvalue weighted by atomic mass is 10.2. The van der Waals surface area contributed by atoms with E-state index in [0.717, 1.165) is 65.8 Å². The van der Waals surface area contributed by atoms with E-state index in [-0.39, 0.29) is 0 Å². The summed E-state index contributed by atoms with van der Waals surface area (Å²) in [5.41, 5.74) is 2.29. The van der Waals surface area contributed by atoms with Gasteiger partial charge in [-0.15, -0.1) is 0 Å². The van der Waals surface area contributed by atoms with Gasteiger partial charge in [0.15, 0.2) is 0 Å². The summed E-state index contributed by atoms with van der Waals surface area (Å²) in [6.07, 6.45) is 0.647. The zero-order valence-electron chi connectivity index (χ0n) is 16.4. The Balaban J connectivity index is 1.38. The highest BCUT2D eigenvalue weighted by atomic mass is 79.9. The van der Waals surface area contributed by atoms with Crippen molar-refractivity contribution in [3.8, 4) is 0 Å². The van der Waals surface area contributed by atoms with E-state index in [1.807, 2.05) is 0 Å². The molecule has 0 saturated carbocycles. The highest BCUT2D eigenvalue weighted by molar-refractivity contribution is 9.10. The second kappa shape index (κ2) is 9.90. The summed E-state index contributed by atoms with van der Waals surface area (Å²) in [6.45, 7) is 6.92. The van der Waals surface area contributed by atoms with Crippen LogP contribution in [-0.4, -0.2) is 66.6 Å². The molecule has 2 aromatic carbocycles. The van der Waals surface area contributed by atoms with E-state index in [1.165, 1.54) is 10.8 Å². The minimum absolute atomic E-state index is 0.440. The summed E-state index contributed by atoms with van der Waals surface area (Å²) >= 11 is 7.17. The van der Waals surface area contributed by atoms with E-state index in [4.69, 9.17) is 4.74 Å². The maximum Gasteiger partial charge on any atom is 0.0843 e.